The standard InChI is InChI=1S/C31H40FN7O/c1-6-19-12-29(40)25(32)14-24(19)20-7-8-23-26(11-20)35-36-30(23)31-33-27-13-22(39(18(2)3)17-28(27)34-31)16-38-10-9-21(15-38)37(4)5/h7-8,11-12,14,18,21-22,40H,6,9-10,13,15-17H2,1-5H3,(H,33,34)(H,35,36)/t21-,22+/m0/s1. The molecule has 2 aliphatic rings. The van der Waals surface area contributed by atoms with Gasteiger partial charge in [0.15, 0.2) is 17.4 Å². The normalized spacial score (nSPS) is 20.3. The molecule has 0 bridgehead atoms. The third-order valence-corrected chi connectivity index (χ3v) is 8.86. The Balaban J connectivity index is 1.27. The highest BCUT2D eigenvalue weighted by Gasteiger charge is 2.34. The van der Waals surface area contributed by atoms with Crippen LogP contribution in [0.3, 0.4) is 0 Å². The molecule has 6 rings (SSSR count). The number of benzene rings is 2. The van der Waals surface area contributed by atoms with Gasteiger partial charge in [-0.2, -0.15) is 5.10 Å². The highest BCUT2D eigenvalue weighted by atomic mass is 19.1. The van der Waals surface area contributed by atoms with Gasteiger partial charge >= 0.3 is 0 Å². The summed E-state index contributed by atoms with van der Waals surface area (Å²) in [5.74, 6) is -0.148. The first-order valence-corrected chi connectivity index (χ1v) is 14.4. The molecule has 4 aromatic rings. The van der Waals surface area contributed by atoms with Crippen LogP contribution in [0.1, 0.15) is 44.1 Å². The van der Waals surface area contributed by atoms with Gasteiger partial charge in [0, 0.05) is 49.6 Å². The average molecular weight is 546 g/mol. The number of hydrogen-bond acceptors (Lipinski definition) is 6. The molecule has 3 N–H and O–H groups in total. The average Bonchev–Trinajstić information content (AvgIpc) is 3.67. The van der Waals surface area contributed by atoms with E-state index in [4.69, 9.17) is 4.98 Å². The first-order valence-electron chi connectivity index (χ1n) is 14.4. The van der Waals surface area contributed by atoms with Crippen molar-refractivity contribution in [3.8, 4) is 28.4 Å². The minimum atomic E-state index is -0.616. The van der Waals surface area contributed by atoms with Crippen LogP contribution in [0.4, 0.5) is 4.39 Å². The van der Waals surface area contributed by atoms with Gasteiger partial charge in [-0.25, -0.2) is 9.37 Å². The monoisotopic (exact) mass is 545 g/mol. The maximum absolute atomic E-state index is 14.2. The summed E-state index contributed by atoms with van der Waals surface area (Å²) in [6.45, 7) is 10.8. The molecule has 0 aliphatic carbocycles. The van der Waals surface area contributed by atoms with Crippen LogP contribution in [0, 0.1) is 5.82 Å². The molecule has 40 heavy (non-hydrogen) atoms. The van der Waals surface area contributed by atoms with E-state index < -0.39 is 5.82 Å². The Labute approximate surface area is 235 Å². The number of rotatable bonds is 7. The lowest BCUT2D eigenvalue weighted by Gasteiger charge is -2.39. The van der Waals surface area contributed by atoms with Gasteiger partial charge in [-0.1, -0.05) is 13.0 Å². The lowest BCUT2D eigenvalue weighted by Crippen LogP contribution is -2.50. The number of imidazole rings is 1. The molecule has 0 radical (unpaired) electrons. The van der Waals surface area contributed by atoms with Gasteiger partial charge in [0.25, 0.3) is 0 Å². The molecule has 0 amide bonds. The summed E-state index contributed by atoms with van der Waals surface area (Å²) in [5, 5.41) is 18.6. The van der Waals surface area contributed by atoms with E-state index in [9.17, 15) is 9.50 Å². The number of likely N-dealkylation sites (N-methyl/N-ethyl adjacent to an activating group) is 1. The van der Waals surface area contributed by atoms with Gasteiger partial charge < -0.3 is 19.9 Å². The first-order chi connectivity index (χ1) is 19.2. The summed E-state index contributed by atoms with van der Waals surface area (Å²) in [7, 11) is 4.36. The Bertz CT molecular complexity index is 1520. The van der Waals surface area contributed by atoms with Crippen molar-refractivity contribution in [3.05, 3.63) is 53.1 Å². The number of aromatic amines is 2. The number of fused-ring (bicyclic) bond motifs is 2. The molecule has 8 nitrogen and oxygen atoms in total. The minimum absolute atomic E-state index is 0.316. The molecule has 1 fully saturated rings. The smallest absolute Gasteiger partial charge is 0.165 e. The zero-order chi connectivity index (χ0) is 28.1. The molecular formula is C31H40FN7O. The van der Waals surface area contributed by atoms with Crippen LogP contribution in [-0.2, 0) is 19.4 Å². The van der Waals surface area contributed by atoms with Crippen LogP contribution >= 0.6 is 0 Å². The Morgan fingerprint density at radius 3 is 2.75 bits per heavy atom. The van der Waals surface area contributed by atoms with E-state index in [0.29, 0.717) is 24.5 Å². The number of aryl methyl sites for hydroxylation is 1. The summed E-state index contributed by atoms with van der Waals surface area (Å²) >= 11 is 0. The molecule has 2 atom stereocenters. The first kappa shape index (κ1) is 26.9. The van der Waals surface area contributed by atoms with Gasteiger partial charge in [-0.15, -0.1) is 0 Å². The molecule has 9 heteroatoms. The molecular weight excluding hydrogens is 505 g/mol. The summed E-state index contributed by atoms with van der Waals surface area (Å²) in [5.41, 5.74) is 6.53. The molecule has 0 unspecified atom stereocenters. The van der Waals surface area contributed by atoms with Gasteiger partial charge in [0.2, 0.25) is 0 Å². The van der Waals surface area contributed by atoms with Crippen molar-refractivity contribution in [1.29, 1.82) is 0 Å². The molecule has 2 aromatic carbocycles. The van der Waals surface area contributed by atoms with E-state index in [1.165, 1.54) is 24.2 Å². The van der Waals surface area contributed by atoms with Gasteiger partial charge in [-0.3, -0.25) is 10.00 Å². The number of aromatic nitrogens is 4. The van der Waals surface area contributed by atoms with Crippen LogP contribution in [0.5, 0.6) is 5.75 Å². The van der Waals surface area contributed by atoms with Crippen LogP contribution in [0.25, 0.3) is 33.5 Å². The molecule has 0 spiro atoms. The van der Waals surface area contributed by atoms with E-state index in [-0.39, 0.29) is 5.75 Å². The topological polar surface area (TPSA) is 87.3 Å². The van der Waals surface area contributed by atoms with Crippen LogP contribution in [-0.4, -0.2) is 91.8 Å². The van der Waals surface area contributed by atoms with Crippen LogP contribution in [0.2, 0.25) is 0 Å². The summed E-state index contributed by atoms with van der Waals surface area (Å²) < 4.78 is 14.2. The summed E-state index contributed by atoms with van der Waals surface area (Å²) in [4.78, 5) is 16.2. The fourth-order valence-electron chi connectivity index (χ4n) is 6.51. The zero-order valence-corrected chi connectivity index (χ0v) is 24.1. The van der Waals surface area contributed by atoms with Crippen LogP contribution in [0.15, 0.2) is 30.3 Å². The maximum atomic E-state index is 14.2. The predicted octanol–water partition coefficient (Wildman–Crippen LogP) is 4.80. The van der Waals surface area contributed by atoms with E-state index >= 15 is 0 Å². The summed E-state index contributed by atoms with van der Waals surface area (Å²) in [6.07, 6.45) is 2.84. The van der Waals surface area contributed by atoms with Crippen molar-refractivity contribution in [2.75, 3.05) is 33.7 Å². The molecule has 4 heterocycles. The highest BCUT2D eigenvalue weighted by Crippen LogP contribution is 2.34. The van der Waals surface area contributed by atoms with Gasteiger partial charge in [0.1, 0.15) is 5.69 Å². The Morgan fingerprint density at radius 1 is 1.20 bits per heavy atom. The van der Waals surface area contributed by atoms with Gasteiger partial charge in [-0.05, 0) is 88.3 Å². The third-order valence-electron chi connectivity index (χ3n) is 8.86. The second kappa shape index (κ2) is 10.6. The predicted molar refractivity (Wildman–Crippen MR) is 157 cm³/mol. The number of H-pyrrole nitrogens is 2. The highest BCUT2D eigenvalue weighted by molar-refractivity contribution is 5.94. The number of likely N-dealkylation sites (tertiary alicyclic amines) is 1. The number of phenols is 1. The largest absolute Gasteiger partial charge is 0.505 e. The quantitative estimate of drug-likeness (QED) is 0.309. The van der Waals surface area contributed by atoms with E-state index in [1.54, 1.807) is 0 Å². The van der Waals surface area contributed by atoms with E-state index in [2.05, 4.69) is 57.8 Å². The second-order valence-corrected chi connectivity index (χ2v) is 11.9. The third kappa shape index (κ3) is 4.91. The van der Waals surface area contributed by atoms with Crippen molar-refractivity contribution in [2.45, 2.75) is 64.7 Å². The van der Waals surface area contributed by atoms with E-state index in [0.717, 1.165) is 77.4 Å². The van der Waals surface area contributed by atoms with Crippen molar-refractivity contribution in [1.82, 2.24) is 34.9 Å². The lowest BCUT2D eigenvalue weighted by atomic mass is 9.96. The number of aromatic hydroxyl groups is 1. The maximum Gasteiger partial charge on any atom is 0.165 e. The fraction of sp³-hybridized carbons (Fsp3) is 0.484. The zero-order valence-electron chi connectivity index (χ0n) is 24.1. The van der Waals surface area contributed by atoms with Gasteiger partial charge in [0.05, 0.1) is 16.9 Å². The number of hydrogen-bond donors (Lipinski definition) is 3. The lowest BCUT2D eigenvalue weighted by molar-refractivity contribution is 0.0954. The number of nitrogens with one attached hydrogen (secondary N) is 2. The molecule has 0 saturated carbocycles. The molecule has 2 aromatic heterocycles. The Kier molecular flexibility index (Phi) is 7.14. The Morgan fingerprint density at radius 2 is 2.02 bits per heavy atom. The summed E-state index contributed by atoms with van der Waals surface area (Å²) in [6, 6.07) is 10.4. The van der Waals surface area contributed by atoms with Crippen LogP contribution < -0.4 is 0 Å². The van der Waals surface area contributed by atoms with Crippen molar-refractivity contribution >= 4 is 10.9 Å². The second-order valence-electron chi connectivity index (χ2n) is 11.9. The fourth-order valence-corrected chi connectivity index (χ4v) is 6.51. The van der Waals surface area contributed by atoms with Crippen molar-refractivity contribution in [3.63, 3.8) is 0 Å². The number of halogens is 1. The Hall–Kier alpha value is -3.27. The van der Waals surface area contributed by atoms with Crippen molar-refractivity contribution < 1.29 is 9.50 Å². The van der Waals surface area contributed by atoms with E-state index in [1.807, 2.05) is 25.1 Å². The number of nitrogens with zero attached hydrogens (tertiary/aromatic N) is 5. The SMILES string of the molecule is CCc1cc(O)c(F)cc1-c1ccc2c(-c3nc4c([nH]3)CN(C(C)C)[C@@H](CN3CC[C@H](N(C)C)C3)C4)n[nH]c2c1. The molecule has 212 valence electrons. The minimum Gasteiger partial charge on any atom is -0.505 e. The molecule has 2 aliphatic heterocycles. The number of phenolic OH excluding ortho intramolecular Hbond substituents is 1. The molecule has 1 saturated heterocycles. The van der Waals surface area contributed by atoms with Crippen molar-refractivity contribution in [2.24, 2.45) is 0 Å².